The standard InChI is InChI=1S/C24H33FN6O3.ClH/c1-33-18-13-16-21(20(25)22(18)34-2)28-24(29-23(16)26)31-9-7-30(8-10-31)19(32)12-15-11-14-5-3-4-6-17(14)27-15;/h13-15,17,27H,3-12H2,1-2H3,(H2,26,28,29);1H/t14-,15-,17-;/m0./s1. The minimum atomic E-state index is -0.634. The van der Waals surface area contributed by atoms with Crippen molar-refractivity contribution in [3.63, 3.8) is 0 Å². The lowest BCUT2D eigenvalue weighted by atomic mass is 9.85. The molecule has 5 rings (SSSR count). The van der Waals surface area contributed by atoms with Gasteiger partial charge < -0.3 is 30.3 Å². The Morgan fingerprint density at radius 3 is 2.60 bits per heavy atom. The second kappa shape index (κ2) is 10.6. The molecular weight excluding hydrogens is 475 g/mol. The number of anilines is 2. The van der Waals surface area contributed by atoms with Crippen molar-refractivity contribution < 1.29 is 18.7 Å². The highest BCUT2D eigenvalue weighted by Gasteiger charge is 2.36. The van der Waals surface area contributed by atoms with Gasteiger partial charge in [-0.3, -0.25) is 4.79 Å². The van der Waals surface area contributed by atoms with Crippen molar-refractivity contribution in [2.45, 2.75) is 50.6 Å². The van der Waals surface area contributed by atoms with E-state index in [1.165, 1.54) is 39.9 Å². The number of amides is 1. The number of nitrogens with one attached hydrogen (secondary N) is 1. The van der Waals surface area contributed by atoms with Crippen LogP contribution in [0.1, 0.15) is 38.5 Å². The van der Waals surface area contributed by atoms with Crippen molar-refractivity contribution in [3.05, 3.63) is 11.9 Å². The maximum absolute atomic E-state index is 15.1. The summed E-state index contributed by atoms with van der Waals surface area (Å²) in [5.41, 5.74) is 6.24. The summed E-state index contributed by atoms with van der Waals surface area (Å²) < 4.78 is 25.5. The summed E-state index contributed by atoms with van der Waals surface area (Å²) in [6.45, 7) is 2.28. The van der Waals surface area contributed by atoms with Crippen molar-refractivity contribution in [2.24, 2.45) is 5.92 Å². The van der Waals surface area contributed by atoms with Crippen molar-refractivity contribution in [1.82, 2.24) is 20.2 Å². The van der Waals surface area contributed by atoms with Crippen LogP contribution in [0.25, 0.3) is 10.9 Å². The van der Waals surface area contributed by atoms with Crippen LogP contribution in [-0.2, 0) is 4.79 Å². The first-order valence-corrected chi connectivity index (χ1v) is 12.1. The Balaban J connectivity index is 0.00000289. The van der Waals surface area contributed by atoms with Gasteiger partial charge in [-0.15, -0.1) is 12.4 Å². The summed E-state index contributed by atoms with van der Waals surface area (Å²) in [6, 6.07) is 2.47. The van der Waals surface area contributed by atoms with E-state index in [0.29, 0.717) is 50.0 Å². The highest BCUT2D eigenvalue weighted by molar-refractivity contribution is 5.92. The predicted octanol–water partition coefficient (Wildman–Crippen LogP) is 2.75. The van der Waals surface area contributed by atoms with E-state index in [0.717, 1.165) is 12.3 Å². The topological polar surface area (TPSA) is 106 Å². The van der Waals surface area contributed by atoms with Crippen LogP contribution in [0.2, 0.25) is 0 Å². The summed E-state index contributed by atoms with van der Waals surface area (Å²) in [5, 5.41) is 4.07. The van der Waals surface area contributed by atoms with Crippen LogP contribution < -0.4 is 25.4 Å². The second-order valence-electron chi connectivity index (χ2n) is 9.55. The van der Waals surface area contributed by atoms with Gasteiger partial charge >= 0.3 is 0 Å². The molecule has 3 N–H and O–H groups in total. The fourth-order valence-electron chi connectivity index (χ4n) is 5.76. The lowest BCUT2D eigenvalue weighted by Crippen LogP contribution is -2.50. The molecule has 0 unspecified atom stereocenters. The molecule has 1 aromatic heterocycles. The van der Waals surface area contributed by atoms with Gasteiger partial charge in [0.1, 0.15) is 11.3 Å². The maximum atomic E-state index is 15.1. The van der Waals surface area contributed by atoms with E-state index in [2.05, 4.69) is 15.3 Å². The summed E-state index contributed by atoms with van der Waals surface area (Å²) in [7, 11) is 2.81. The molecule has 3 atom stereocenters. The number of ether oxygens (including phenoxy) is 2. The largest absolute Gasteiger partial charge is 0.493 e. The number of carbonyl (C=O) groups excluding carboxylic acids is 1. The number of fused-ring (bicyclic) bond motifs is 2. The van der Waals surface area contributed by atoms with Gasteiger partial charge in [-0.1, -0.05) is 12.8 Å². The first-order chi connectivity index (χ1) is 16.5. The van der Waals surface area contributed by atoms with Crippen LogP contribution in [0.5, 0.6) is 11.5 Å². The molecule has 11 heteroatoms. The third-order valence-corrected chi connectivity index (χ3v) is 7.58. The molecule has 192 valence electrons. The molecule has 1 aliphatic carbocycles. The first kappa shape index (κ1) is 25.5. The molecule has 2 aromatic rings. The zero-order valence-electron chi connectivity index (χ0n) is 20.3. The molecule has 35 heavy (non-hydrogen) atoms. The van der Waals surface area contributed by atoms with Gasteiger partial charge in [0.15, 0.2) is 17.3 Å². The van der Waals surface area contributed by atoms with Gasteiger partial charge in [-0.25, -0.2) is 9.37 Å². The average Bonchev–Trinajstić information content (AvgIpc) is 3.26. The van der Waals surface area contributed by atoms with Gasteiger partial charge in [0.05, 0.1) is 14.2 Å². The molecule has 0 radical (unpaired) electrons. The Kier molecular flexibility index (Phi) is 7.70. The van der Waals surface area contributed by atoms with Crippen molar-refractivity contribution in [2.75, 3.05) is 51.0 Å². The molecular formula is C24H34ClFN6O3. The number of benzene rings is 1. The van der Waals surface area contributed by atoms with Crippen molar-refractivity contribution >= 4 is 41.0 Å². The van der Waals surface area contributed by atoms with Crippen LogP contribution >= 0.6 is 12.4 Å². The van der Waals surface area contributed by atoms with Crippen molar-refractivity contribution in [1.29, 1.82) is 0 Å². The number of rotatable bonds is 5. The minimum absolute atomic E-state index is 0. The molecule has 2 aliphatic heterocycles. The zero-order chi connectivity index (χ0) is 23.8. The molecule has 1 saturated carbocycles. The number of nitrogens with zero attached hydrogens (tertiary/aromatic N) is 4. The Labute approximate surface area is 210 Å². The van der Waals surface area contributed by atoms with E-state index in [4.69, 9.17) is 15.2 Å². The lowest BCUT2D eigenvalue weighted by Gasteiger charge is -2.35. The monoisotopic (exact) mass is 508 g/mol. The molecule has 1 amide bonds. The van der Waals surface area contributed by atoms with Gasteiger partial charge in [0.2, 0.25) is 11.9 Å². The minimum Gasteiger partial charge on any atom is -0.493 e. The highest BCUT2D eigenvalue weighted by Crippen LogP contribution is 2.38. The van der Waals surface area contributed by atoms with E-state index in [9.17, 15) is 4.79 Å². The molecule has 9 nitrogen and oxygen atoms in total. The summed E-state index contributed by atoms with van der Waals surface area (Å²) in [5.74, 6) is 1.03. The van der Waals surface area contributed by atoms with Crippen LogP contribution in [0.3, 0.4) is 0 Å². The Hall–Kier alpha value is -2.59. The van der Waals surface area contributed by atoms with E-state index in [-0.39, 0.29) is 47.2 Å². The number of methoxy groups -OCH3 is 2. The fraction of sp³-hybridized carbons (Fsp3) is 0.625. The smallest absolute Gasteiger partial charge is 0.228 e. The number of hydrogen-bond acceptors (Lipinski definition) is 8. The van der Waals surface area contributed by atoms with Crippen LogP contribution in [0.15, 0.2) is 6.07 Å². The zero-order valence-corrected chi connectivity index (χ0v) is 21.1. The number of carbonyl (C=O) groups is 1. The normalized spacial score (nSPS) is 24.1. The summed E-state index contributed by atoms with van der Waals surface area (Å²) in [6.07, 6.45) is 6.80. The molecule has 3 heterocycles. The molecule has 2 saturated heterocycles. The third-order valence-electron chi connectivity index (χ3n) is 7.58. The number of hydrogen-bond donors (Lipinski definition) is 2. The number of nitrogen functional groups attached to an aromatic ring is 1. The molecule has 0 spiro atoms. The summed E-state index contributed by atoms with van der Waals surface area (Å²) >= 11 is 0. The second-order valence-corrected chi connectivity index (χ2v) is 9.55. The quantitative estimate of drug-likeness (QED) is 0.635. The van der Waals surface area contributed by atoms with E-state index < -0.39 is 5.82 Å². The van der Waals surface area contributed by atoms with Gasteiger partial charge in [0, 0.05) is 50.1 Å². The van der Waals surface area contributed by atoms with Crippen LogP contribution in [-0.4, -0.2) is 73.3 Å². The summed E-state index contributed by atoms with van der Waals surface area (Å²) in [4.78, 5) is 25.7. The Morgan fingerprint density at radius 1 is 1.17 bits per heavy atom. The van der Waals surface area contributed by atoms with Crippen molar-refractivity contribution in [3.8, 4) is 11.5 Å². The number of piperazine rings is 1. The van der Waals surface area contributed by atoms with E-state index >= 15 is 4.39 Å². The number of aromatic nitrogens is 2. The van der Waals surface area contributed by atoms with Crippen LogP contribution in [0.4, 0.5) is 16.2 Å². The van der Waals surface area contributed by atoms with Crippen LogP contribution in [0, 0.1) is 11.7 Å². The van der Waals surface area contributed by atoms with E-state index in [1.54, 1.807) is 6.07 Å². The van der Waals surface area contributed by atoms with Gasteiger partial charge in [-0.2, -0.15) is 4.98 Å². The Morgan fingerprint density at radius 2 is 1.91 bits per heavy atom. The molecule has 0 bridgehead atoms. The average molecular weight is 509 g/mol. The SMILES string of the molecule is COc1cc2c(N)nc(N3CCN(C(=O)C[C@@H]4C[C@@H]5CCCC[C@@H]5N4)CC3)nc2c(F)c1OC.Cl. The Bertz CT molecular complexity index is 1070. The maximum Gasteiger partial charge on any atom is 0.228 e. The van der Waals surface area contributed by atoms with Gasteiger partial charge in [-0.05, 0) is 31.2 Å². The lowest BCUT2D eigenvalue weighted by molar-refractivity contribution is -0.132. The predicted molar refractivity (Wildman–Crippen MR) is 135 cm³/mol. The third kappa shape index (κ3) is 4.91. The number of nitrogens with two attached hydrogens (primary N) is 1. The molecule has 1 aromatic carbocycles. The van der Waals surface area contributed by atoms with Gasteiger partial charge in [0.25, 0.3) is 0 Å². The number of halogens is 2. The first-order valence-electron chi connectivity index (χ1n) is 12.1. The molecule has 3 aliphatic rings. The fourth-order valence-corrected chi connectivity index (χ4v) is 5.76. The molecule has 3 fully saturated rings. The van der Waals surface area contributed by atoms with E-state index in [1.807, 2.05) is 9.80 Å². The highest BCUT2D eigenvalue weighted by atomic mass is 35.5.